The number of hydrazine groups is 1. The van der Waals surface area contributed by atoms with Gasteiger partial charge in [0.25, 0.3) is 0 Å². The number of nitrogens with two attached hydrogens (primary N) is 1. The third kappa shape index (κ3) is 3.78. The Balaban J connectivity index is 2.20. The highest BCUT2D eigenvalue weighted by atomic mass is 19.4. The van der Waals surface area contributed by atoms with Gasteiger partial charge in [-0.15, -0.1) is 0 Å². The van der Waals surface area contributed by atoms with Crippen LogP contribution in [0.1, 0.15) is 32.3 Å². The minimum atomic E-state index is -4.40. The summed E-state index contributed by atoms with van der Waals surface area (Å²) < 4.78 is 38.7. The SMILES string of the molecule is CC(C)C1CCN(c2cc(C(F)(F)F)cc(NN)n2)CC1. The van der Waals surface area contributed by atoms with Crippen LogP contribution in [0.3, 0.4) is 0 Å². The van der Waals surface area contributed by atoms with E-state index in [2.05, 4.69) is 24.3 Å². The predicted octanol–water partition coefficient (Wildman–Crippen LogP) is 3.26. The molecule has 0 bridgehead atoms. The van der Waals surface area contributed by atoms with Crippen LogP contribution in [0.2, 0.25) is 0 Å². The summed E-state index contributed by atoms with van der Waals surface area (Å²) in [5.74, 6) is 6.81. The minimum absolute atomic E-state index is 0.0332. The first-order valence-corrected chi connectivity index (χ1v) is 7.12. The highest BCUT2D eigenvalue weighted by Crippen LogP contribution is 2.34. The molecule has 2 heterocycles. The van der Waals surface area contributed by atoms with Crippen LogP contribution in [0.25, 0.3) is 0 Å². The molecule has 0 saturated carbocycles. The van der Waals surface area contributed by atoms with Gasteiger partial charge in [0, 0.05) is 13.1 Å². The average molecular weight is 302 g/mol. The number of halogens is 3. The second-order valence-electron chi connectivity index (χ2n) is 5.81. The van der Waals surface area contributed by atoms with Crippen molar-refractivity contribution in [3.05, 3.63) is 17.7 Å². The molecule has 1 fully saturated rings. The molecule has 2 rings (SSSR count). The van der Waals surface area contributed by atoms with E-state index in [-0.39, 0.29) is 5.82 Å². The van der Waals surface area contributed by atoms with E-state index in [4.69, 9.17) is 5.84 Å². The van der Waals surface area contributed by atoms with Crippen molar-refractivity contribution in [2.24, 2.45) is 17.7 Å². The largest absolute Gasteiger partial charge is 0.416 e. The van der Waals surface area contributed by atoms with Gasteiger partial charge in [0.05, 0.1) is 5.56 Å². The van der Waals surface area contributed by atoms with Crippen LogP contribution in [0.4, 0.5) is 24.8 Å². The lowest BCUT2D eigenvalue weighted by molar-refractivity contribution is -0.137. The van der Waals surface area contributed by atoms with Crippen molar-refractivity contribution in [1.82, 2.24) is 4.98 Å². The van der Waals surface area contributed by atoms with Crippen molar-refractivity contribution in [2.45, 2.75) is 32.9 Å². The zero-order chi connectivity index (χ0) is 15.6. The molecule has 0 aliphatic carbocycles. The number of nitrogens with one attached hydrogen (secondary N) is 1. The number of hydrogen-bond donors (Lipinski definition) is 2. The Labute approximate surface area is 122 Å². The van der Waals surface area contributed by atoms with Gasteiger partial charge in [0.1, 0.15) is 11.6 Å². The van der Waals surface area contributed by atoms with Crippen molar-refractivity contribution >= 4 is 11.6 Å². The Hall–Kier alpha value is -1.50. The lowest BCUT2D eigenvalue weighted by Crippen LogP contribution is -2.36. The number of nitrogens with zero attached hydrogens (tertiary/aromatic N) is 2. The van der Waals surface area contributed by atoms with Crippen LogP contribution in [0.5, 0.6) is 0 Å². The first kappa shape index (κ1) is 15.9. The average Bonchev–Trinajstić information content (AvgIpc) is 2.46. The van der Waals surface area contributed by atoms with Gasteiger partial charge >= 0.3 is 6.18 Å². The topological polar surface area (TPSA) is 54.2 Å². The smallest absolute Gasteiger partial charge is 0.357 e. The van der Waals surface area contributed by atoms with Crippen molar-refractivity contribution < 1.29 is 13.2 Å². The molecule has 7 heteroatoms. The first-order valence-electron chi connectivity index (χ1n) is 7.12. The number of hydrogen-bond acceptors (Lipinski definition) is 4. The summed E-state index contributed by atoms with van der Waals surface area (Å²) in [6.45, 7) is 5.81. The van der Waals surface area contributed by atoms with Gasteiger partial charge in [-0.3, -0.25) is 0 Å². The second-order valence-corrected chi connectivity index (χ2v) is 5.81. The van der Waals surface area contributed by atoms with Crippen LogP contribution in [-0.4, -0.2) is 18.1 Å². The fourth-order valence-electron chi connectivity index (χ4n) is 2.71. The number of rotatable bonds is 3. The number of alkyl halides is 3. The Morgan fingerprint density at radius 3 is 2.38 bits per heavy atom. The Morgan fingerprint density at radius 2 is 1.90 bits per heavy atom. The van der Waals surface area contributed by atoms with Gasteiger partial charge < -0.3 is 10.3 Å². The number of nitrogen functional groups attached to an aromatic ring is 1. The van der Waals surface area contributed by atoms with Crippen molar-refractivity contribution in [1.29, 1.82) is 0 Å². The molecule has 0 radical (unpaired) electrons. The Bertz CT molecular complexity index is 480. The third-order valence-corrected chi connectivity index (χ3v) is 4.09. The van der Waals surface area contributed by atoms with E-state index in [1.165, 1.54) is 0 Å². The molecular weight excluding hydrogens is 281 g/mol. The lowest BCUT2D eigenvalue weighted by Gasteiger charge is -2.35. The zero-order valence-corrected chi connectivity index (χ0v) is 12.2. The van der Waals surface area contributed by atoms with Crippen LogP contribution >= 0.6 is 0 Å². The number of aromatic nitrogens is 1. The predicted molar refractivity (Wildman–Crippen MR) is 76.8 cm³/mol. The molecule has 3 N–H and O–H groups in total. The van der Waals surface area contributed by atoms with Crippen molar-refractivity contribution in [3.8, 4) is 0 Å². The standard InChI is InChI=1S/C14H21F3N4/c1-9(2)10-3-5-21(6-4-10)13-8-11(14(15,16)17)7-12(19-13)20-18/h7-10H,3-6,18H2,1-2H3,(H,19,20). The molecule has 1 aromatic heterocycles. The highest BCUT2D eigenvalue weighted by Gasteiger charge is 2.32. The van der Waals surface area contributed by atoms with Gasteiger partial charge in [-0.2, -0.15) is 13.2 Å². The maximum atomic E-state index is 12.9. The molecule has 1 aromatic rings. The molecule has 1 aliphatic rings. The summed E-state index contributed by atoms with van der Waals surface area (Å²) >= 11 is 0. The van der Waals surface area contributed by atoms with Gasteiger partial charge in [-0.25, -0.2) is 10.8 Å². The summed E-state index contributed by atoms with van der Waals surface area (Å²) in [6.07, 6.45) is -2.46. The maximum absolute atomic E-state index is 12.9. The number of piperidine rings is 1. The van der Waals surface area contributed by atoms with E-state index < -0.39 is 11.7 Å². The molecule has 1 aliphatic heterocycles. The van der Waals surface area contributed by atoms with Crippen LogP contribution in [0, 0.1) is 11.8 Å². The summed E-state index contributed by atoms with van der Waals surface area (Å²) in [4.78, 5) is 6.05. The summed E-state index contributed by atoms with van der Waals surface area (Å²) in [6, 6.07) is 2.01. The van der Waals surface area contributed by atoms with Crippen LogP contribution < -0.4 is 16.2 Å². The number of pyridine rings is 1. The fourth-order valence-corrected chi connectivity index (χ4v) is 2.71. The van der Waals surface area contributed by atoms with Crippen molar-refractivity contribution in [3.63, 3.8) is 0 Å². The quantitative estimate of drug-likeness (QED) is 0.665. The molecular formula is C14H21F3N4. The maximum Gasteiger partial charge on any atom is 0.416 e. The number of anilines is 2. The van der Waals surface area contributed by atoms with Crippen LogP contribution in [-0.2, 0) is 6.18 Å². The first-order chi connectivity index (χ1) is 9.81. The minimum Gasteiger partial charge on any atom is -0.357 e. The van der Waals surface area contributed by atoms with E-state index >= 15 is 0 Å². The summed E-state index contributed by atoms with van der Waals surface area (Å²) in [7, 11) is 0. The molecule has 4 nitrogen and oxygen atoms in total. The van der Waals surface area contributed by atoms with E-state index in [0.29, 0.717) is 17.7 Å². The Morgan fingerprint density at radius 1 is 1.29 bits per heavy atom. The lowest BCUT2D eigenvalue weighted by atomic mass is 9.87. The molecule has 118 valence electrons. The third-order valence-electron chi connectivity index (χ3n) is 4.09. The molecule has 0 aromatic carbocycles. The van der Waals surface area contributed by atoms with Gasteiger partial charge in [0.15, 0.2) is 0 Å². The molecule has 0 atom stereocenters. The molecule has 21 heavy (non-hydrogen) atoms. The van der Waals surface area contributed by atoms with Gasteiger partial charge in [-0.05, 0) is 36.8 Å². The second kappa shape index (κ2) is 6.09. The normalized spacial score (nSPS) is 17.4. The van der Waals surface area contributed by atoms with Crippen molar-refractivity contribution in [2.75, 3.05) is 23.4 Å². The van der Waals surface area contributed by atoms with Gasteiger partial charge in [0.2, 0.25) is 0 Å². The van der Waals surface area contributed by atoms with E-state index in [0.717, 1.165) is 38.1 Å². The monoisotopic (exact) mass is 302 g/mol. The fraction of sp³-hybridized carbons (Fsp3) is 0.643. The summed E-state index contributed by atoms with van der Waals surface area (Å²) in [5.41, 5.74) is 1.48. The summed E-state index contributed by atoms with van der Waals surface area (Å²) in [5, 5.41) is 0. The molecule has 1 saturated heterocycles. The van der Waals surface area contributed by atoms with E-state index in [1.807, 2.05) is 4.90 Å². The zero-order valence-electron chi connectivity index (χ0n) is 12.2. The highest BCUT2D eigenvalue weighted by molar-refractivity contribution is 5.51. The van der Waals surface area contributed by atoms with Gasteiger partial charge in [-0.1, -0.05) is 13.8 Å². The molecule has 0 amide bonds. The molecule has 0 unspecified atom stereocenters. The van der Waals surface area contributed by atoms with Crippen LogP contribution in [0.15, 0.2) is 12.1 Å². The van der Waals surface area contributed by atoms with E-state index in [9.17, 15) is 13.2 Å². The molecule has 0 spiro atoms. The van der Waals surface area contributed by atoms with E-state index in [1.54, 1.807) is 0 Å². The Kier molecular flexibility index (Phi) is 4.61.